The molecule has 1 unspecified atom stereocenters. The molecule has 162 valence electrons. The number of oxazole rings is 1. The third-order valence-corrected chi connectivity index (χ3v) is 4.63. The summed E-state index contributed by atoms with van der Waals surface area (Å²) in [6.07, 6.45) is 2.75. The van der Waals surface area contributed by atoms with Gasteiger partial charge in [0.2, 0.25) is 11.7 Å². The SMILES string of the molecule is CC(Cn1ccc(-c2cc(F)c(C#N)c(Cl)c2F)n1)NC(=O)c1cnc(C(C)(C)O)o1. The van der Waals surface area contributed by atoms with Crippen LogP contribution in [0.1, 0.15) is 42.8 Å². The van der Waals surface area contributed by atoms with Crippen LogP contribution in [0.5, 0.6) is 0 Å². The predicted octanol–water partition coefficient (Wildman–Crippen LogP) is 3.39. The lowest BCUT2D eigenvalue weighted by atomic mass is 10.1. The van der Waals surface area contributed by atoms with Crippen LogP contribution in [0.25, 0.3) is 11.3 Å². The summed E-state index contributed by atoms with van der Waals surface area (Å²) < 4.78 is 35.1. The van der Waals surface area contributed by atoms with Gasteiger partial charge in [0.25, 0.3) is 5.91 Å². The van der Waals surface area contributed by atoms with Crippen molar-refractivity contribution in [2.24, 2.45) is 0 Å². The van der Waals surface area contributed by atoms with Crippen molar-refractivity contribution in [2.75, 3.05) is 0 Å². The first-order valence-corrected chi connectivity index (χ1v) is 9.50. The molecule has 8 nitrogen and oxygen atoms in total. The Bertz CT molecular complexity index is 1180. The summed E-state index contributed by atoms with van der Waals surface area (Å²) in [5.41, 5.74) is -1.96. The van der Waals surface area contributed by atoms with Crippen LogP contribution in [0.15, 0.2) is 28.9 Å². The van der Waals surface area contributed by atoms with Gasteiger partial charge in [-0.2, -0.15) is 10.4 Å². The Hall–Kier alpha value is -3.29. The van der Waals surface area contributed by atoms with Crippen LogP contribution in [0, 0.1) is 23.0 Å². The molecule has 2 aromatic heterocycles. The zero-order chi connectivity index (χ0) is 22.9. The van der Waals surface area contributed by atoms with Gasteiger partial charge in [-0.25, -0.2) is 13.8 Å². The fraction of sp³-hybridized carbons (Fsp3) is 0.300. The number of nitriles is 1. The highest BCUT2D eigenvalue weighted by Crippen LogP contribution is 2.31. The Kier molecular flexibility index (Phi) is 6.10. The maximum absolute atomic E-state index is 14.4. The molecular weight excluding hydrogens is 432 g/mol. The molecule has 1 atom stereocenters. The number of rotatable bonds is 6. The van der Waals surface area contributed by atoms with E-state index in [-0.39, 0.29) is 29.5 Å². The van der Waals surface area contributed by atoms with Crippen LogP contribution in [0.3, 0.4) is 0 Å². The maximum Gasteiger partial charge on any atom is 0.288 e. The molecule has 31 heavy (non-hydrogen) atoms. The molecule has 1 aromatic carbocycles. The molecule has 0 saturated heterocycles. The quantitative estimate of drug-likeness (QED) is 0.557. The van der Waals surface area contributed by atoms with E-state index in [0.29, 0.717) is 0 Å². The van der Waals surface area contributed by atoms with Crippen molar-refractivity contribution in [1.82, 2.24) is 20.1 Å². The summed E-state index contributed by atoms with van der Waals surface area (Å²) in [5, 5.41) is 25.0. The predicted molar refractivity (Wildman–Crippen MR) is 106 cm³/mol. The molecule has 0 radical (unpaired) electrons. The molecule has 0 aliphatic carbocycles. The Balaban J connectivity index is 1.71. The van der Waals surface area contributed by atoms with Crippen LogP contribution in [0.2, 0.25) is 5.02 Å². The van der Waals surface area contributed by atoms with E-state index in [1.54, 1.807) is 6.92 Å². The number of carbonyl (C=O) groups excluding carboxylic acids is 1. The van der Waals surface area contributed by atoms with E-state index < -0.39 is 39.8 Å². The van der Waals surface area contributed by atoms with Crippen molar-refractivity contribution in [2.45, 2.75) is 39.0 Å². The number of hydrogen-bond donors (Lipinski definition) is 2. The molecule has 0 aliphatic heterocycles. The summed E-state index contributed by atoms with van der Waals surface area (Å²) in [7, 11) is 0. The number of benzene rings is 1. The fourth-order valence-corrected chi connectivity index (χ4v) is 3.01. The number of amides is 1. The molecule has 2 N–H and O–H groups in total. The zero-order valence-electron chi connectivity index (χ0n) is 16.8. The zero-order valence-corrected chi connectivity index (χ0v) is 17.5. The standard InChI is InChI=1S/C20H18ClF2N5O3/c1-10(26-18(29)15-8-25-19(31-15)20(2,3)30)9-28-5-4-14(27-28)11-6-13(22)12(7-24)16(21)17(11)23/h4-6,8,10,30H,9H2,1-3H3,(H,26,29). The van der Waals surface area contributed by atoms with Gasteiger partial charge in [-0.05, 0) is 32.9 Å². The maximum atomic E-state index is 14.4. The van der Waals surface area contributed by atoms with Gasteiger partial charge >= 0.3 is 0 Å². The molecule has 0 aliphatic rings. The topological polar surface area (TPSA) is 117 Å². The van der Waals surface area contributed by atoms with Crippen molar-refractivity contribution in [1.29, 1.82) is 5.26 Å². The Morgan fingerprint density at radius 3 is 2.81 bits per heavy atom. The van der Waals surface area contributed by atoms with Crippen molar-refractivity contribution in [3.63, 3.8) is 0 Å². The van der Waals surface area contributed by atoms with Crippen LogP contribution in [-0.2, 0) is 12.1 Å². The van der Waals surface area contributed by atoms with Gasteiger partial charge in [-0.1, -0.05) is 11.6 Å². The summed E-state index contributed by atoms with van der Waals surface area (Å²) in [4.78, 5) is 16.2. The highest BCUT2D eigenvalue weighted by Gasteiger charge is 2.25. The van der Waals surface area contributed by atoms with E-state index in [0.717, 1.165) is 6.07 Å². The van der Waals surface area contributed by atoms with Gasteiger partial charge in [0.05, 0.1) is 23.5 Å². The number of nitrogens with zero attached hydrogens (tertiary/aromatic N) is 4. The van der Waals surface area contributed by atoms with Crippen LogP contribution >= 0.6 is 11.6 Å². The van der Waals surface area contributed by atoms with Gasteiger partial charge in [0.15, 0.2) is 5.82 Å². The van der Waals surface area contributed by atoms with Crippen molar-refractivity contribution < 1.29 is 23.1 Å². The number of carbonyl (C=O) groups is 1. The van der Waals surface area contributed by atoms with Crippen molar-refractivity contribution in [3.8, 4) is 17.3 Å². The Morgan fingerprint density at radius 2 is 2.19 bits per heavy atom. The third kappa shape index (κ3) is 4.73. The average Bonchev–Trinajstić information content (AvgIpc) is 3.34. The molecule has 2 heterocycles. The molecular formula is C20H18ClF2N5O3. The Morgan fingerprint density at radius 1 is 1.48 bits per heavy atom. The molecule has 0 saturated carbocycles. The first-order valence-electron chi connectivity index (χ1n) is 9.12. The largest absolute Gasteiger partial charge is 0.432 e. The monoisotopic (exact) mass is 449 g/mol. The average molecular weight is 450 g/mol. The third-order valence-electron chi connectivity index (χ3n) is 4.28. The number of halogens is 3. The lowest BCUT2D eigenvalue weighted by Gasteiger charge is -2.13. The summed E-state index contributed by atoms with van der Waals surface area (Å²) in [5.74, 6) is -2.47. The lowest BCUT2D eigenvalue weighted by Crippen LogP contribution is -2.35. The second-order valence-corrected chi connectivity index (χ2v) is 7.78. The molecule has 0 spiro atoms. The number of hydrogen-bond acceptors (Lipinski definition) is 6. The summed E-state index contributed by atoms with van der Waals surface area (Å²) >= 11 is 5.74. The lowest BCUT2D eigenvalue weighted by molar-refractivity contribution is 0.0466. The van der Waals surface area contributed by atoms with Crippen molar-refractivity contribution >= 4 is 17.5 Å². The minimum absolute atomic E-state index is 0.0114. The van der Waals surface area contributed by atoms with Gasteiger partial charge in [-0.3, -0.25) is 9.48 Å². The Labute approximate surface area is 181 Å². The van der Waals surface area contributed by atoms with E-state index >= 15 is 0 Å². The van der Waals surface area contributed by atoms with E-state index in [4.69, 9.17) is 21.3 Å². The molecule has 11 heteroatoms. The fourth-order valence-electron chi connectivity index (χ4n) is 2.77. The van der Waals surface area contributed by atoms with Crippen LogP contribution in [0.4, 0.5) is 8.78 Å². The number of aliphatic hydroxyl groups is 1. The van der Waals surface area contributed by atoms with Crippen LogP contribution < -0.4 is 5.32 Å². The summed E-state index contributed by atoms with van der Waals surface area (Å²) in [6, 6.07) is 3.42. The van der Waals surface area contributed by atoms with Crippen LogP contribution in [-0.4, -0.2) is 31.8 Å². The summed E-state index contributed by atoms with van der Waals surface area (Å²) in [6.45, 7) is 4.89. The normalized spacial score (nSPS) is 12.5. The minimum atomic E-state index is -1.32. The van der Waals surface area contributed by atoms with E-state index in [1.165, 1.54) is 43.1 Å². The van der Waals surface area contributed by atoms with Gasteiger partial charge in [0, 0.05) is 17.8 Å². The highest BCUT2D eigenvalue weighted by atomic mass is 35.5. The smallest absolute Gasteiger partial charge is 0.288 e. The number of aromatic nitrogens is 3. The highest BCUT2D eigenvalue weighted by molar-refractivity contribution is 6.32. The first-order chi connectivity index (χ1) is 14.5. The van der Waals surface area contributed by atoms with Crippen molar-refractivity contribution in [3.05, 3.63) is 58.4 Å². The molecule has 0 fully saturated rings. The molecule has 3 rings (SSSR count). The molecule has 0 bridgehead atoms. The van der Waals surface area contributed by atoms with Gasteiger partial charge in [-0.15, -0.1) is 0 Å². The molecule has 3 aromatic rings. The van der Waals surface area contributed by atoms with E-state index in [2.05, 4.69) is 15.4 Å². The molecule has 1 amide bonds. The minimum Gasteiger partial charge on any atom is -0.432 e. The van der Waals surface area contributed by atoms with E-state index in [9.17, 15) is 18.7 Å². The number of nitrogens with one attached hydrogen (secondary N) is 1. The van der Waals surface area contributed by atoms with Gasteiger partial charge in [0.1, 0.15) is 23.1 Å². The van der Waals surface area contributed by atoms with Gasteiger partial charge < -0.3 is 14.8 Å². The first kappa shape index (κ1) is 22.4. The second kappa shape index (κ2) is 8.45. The van der Waals surface area contributed by atoms with E-state index in [1.807, 2.05) is 0 Å². The second-order valence-electron chi connectivity index (χ2n) is 7.41.